The fraction of sp³-hybridized carbons (Fsp3) is 0.619. The second-order valence-corrected chi connectivity index (χ2v) is 10.2. The van der Waals surface area contributed by atoms with Crippen molar-refractivity contribution in [3.05, 3.63) is 28.2 Å². The summed E-state index contributed by atoms with van der Waals surface area (Å²) in [6.45, 7) is 1.83. The van der Waals surface area contributed by atoms with Crippen LogP contribution in [0.4, 0.5) is 0 Å². The van der Waals surface area contributed by atoms with Gasteiger partial charge in [0.2, 0.25) is 5.91 Å². The van der Waals surface area contributed by atoms with E-state index in [1.807, 2.05) is 6.92 Å². The van der Waals surface area contributed by atoms with Crippen LogP contribution in [0.5, 0.6) is 0 Å². The number of hydrogen-bond acceptors (Lipinski definition) is 6. The van der Waals surface area contributed by atoms with Crippen LogP contribution >= 0.6 is 23.1 Å². The molecule has 2 aliphatic carbocycles. The maximum Gasteiger partial charge on any atom is 0.231 e. The second-order valence-electron chi connectivity index (χ2n) is 8.24. The molecule has 2 aromatic heterocycles. The van der Waals surface area contributed by atoms with E-state index in [2.05, 4.69) is 43.7 Å². The van der Waals surface area contributed by atoms with Gasteiger partial charge in [0.25, 0.3) is 0 Å². The Labute approximate surface area is 180 Å². The zero-order valence-corrected chi connectivity index (χ0v) is 18.4. The number of carbonyl (C=O) groups is 1. The summed E-state index contributed by atoms with van der Waals surface area (Å²) in [5.74, 6) is 1.42. The smallest absolute Gasteiger partial charge is 0.231 e. The number of aromatic nitrogens is 3. The third kappa shape index (κ3) is 4.84. The molecule has 2 aromatic rings. The van der Waals surface area contributed by atoms with Gasteiger partial charge in [0, 0.05) is 17.3 Å². The third-order valence-electron chi connectivity index (χ3n) is 5.94. The predicted octanol–water partition coefficient (Wildman–Crippen LogP) is 4.34. The largest absolute Gasteiger partial charge is 0.337 e. The van der Waals surface area contributed by atoms with Gasteiger partial charge in [-0.25, -0.2) is 0 Å². The molecule has 2 saturated carbocycles. The molecule has 2 aliphatic rings. The van der Waals surface area contributed by atoms with Crippen LogP contribution in [0.15, 0.2) is 22.7 Å². The molecule has 2 fully saturated rings. The van der Waals surface area contributed by atoms with Crippen molar-refractivity contribution in [2.24, 2.45) is 5.92 Å². The highest BCUT2D eigenvalue weighted by Crippen LogP contribution is 2.39. The number of nitriles is 1. The van der Waals surface area contributed by atoms with Crippen molar-refractivity contribution in [2.75, 3.05) is 5.75 Å². The molecule has 1 amide bonds. The van der Waals surface area contributed by atoms with E-state index in [0.29, 0.717) is 6.04 Å². The van der Waals surface area contributed by atoms with Crippen molar-refractivity contribution < 1.29 is 4.79 Å². The average molecular weight is 430 g/mol. The summed E-state index contributed by atoms with van der Waals surface area (Å²) in [4.78, 5) is 13.8. The highest BCUT2D eigenvalue weighted by molar-refractivity contribution is 7.99. The molecule has 0 bridgehead atoms. The number of hydrogen-bond donors (Lipinski definition) is 1. The molecule has 0 spiro atoms. The van der Waals surface area contributed by atoms with Gasteiger partial charge in [0.1, 0.15) is 11.4 Å². The highest BCUT2D eigenvalue weighted by Gasteiger charge is 2.43. The van der Waals surface area contributed by atoms with E-state index in [4.69, 9.17) is 0 Å². The van der Waals surface area contributed by atoms with Crippen LogP contribution in [0.1, 0.15) is 68.6 Å². The van der Waals surface area contributed by atoms with Crippen LogP contribution < -0.4 is 5.32 Å². The molecule has 8 heteroatoms. The lowest BCUT2D eigenvalue weighted by Crippen LogP contribution is -2.47. The minimum atomic E-state index is -0.751. The van der Waals surface area contributed by atoms with E-state index in [1.165, 1.54) is 35.9 Å². The second kappa shape index (κ2) is 8.88. The topological polar surface area (TPSA) is 83.6 Å². The van der Waals surface area contributed by atoms with Gasteiger partial charge in [-0.3, -0.25) is 4.79 Å². The molecule has 4 rings (SSSR count). The zero-order chi connectivity index (χ0) is 20.3. The van der Waals surface area contributed by atoms with E-state index < -0.39 is 5.54 Å². The number of nitrogens with zero attached hydrogens (tertiary/aromatic N) is 4. The fourth-order valence-electron chi connectivity index (χ4n) is 4.14. The van der Waals surface area contributed by atoms with Crippen molar-refractivity contribution in [1.82, 2.24) is 20.1 Å². The number of rotatable bonds is 8. The Morgan fingerprint density at radius 3 is 2.79 bits per heavy atom. The first-order valence-electron chi connectivity index (χ1n) is 10.4. The predicted molar refractivity (Wildman–Crippen MR) is 115 cm³/mol. The molecule has 0 radical (unpaired) electrons. The molecule has 1 atom stereocenters. The first kappa shape index (κ1) is 20.4. The summed E-state index contributed by atoms with van der Waals surface area (Å²) in [5, 5.41) is 24.3. The lowest BCUT2D eigenvalue weighted by atomic mass is 9.95. The van der Waals surface area contributed by atoms with E-state index in [1.54, 1.807) is 11.3 Å². The zero-order valence-electron chi connectivity index (χ0n) is 16.8. The van der Waals surface area contributed by atoms with Crippen molar-refractivity contribution in [1.29, 1.82) is 5.26 Å². The maximum atomic E-state index is 12.5. The van der Waals surface area contributed by atoms with Gasteiger partial charge >= 0.3 is 0 Å². The minimum absolute atomic E-state index is 0.107. The Hall–Kier alpha value is -1.85. The van der Waals surface area contributed by atoms with Crippen LogP contribution in [-0.4, -0.2) is 32.0 Å². The standard InChI is InChI=1S/C21H27N5OS2/c1-21(14-22,15-9-10-15)23-19(27)13-29-20-25-24-18(12-17-8-5-11-28-17)26(20)16-6-3-2-4-7-16/h5,8,11,15-16H,2-4,6-7,9-10,12-13H2,1H3,(H,23,27). The molecular weight excluding hydrogens is 402 g/mol. The lowest BCUT2D eigenvalue weighted by molar-refractivity contribution is -0.119. The Balaban J connectivity index is 1.46. The third-order valence-corrected chi connectivity index (χ3v) is 7.76. The molecule has 29 heavy (non-hydrogen) atoms. The Kier molecular flexibility index (Phi) is 6.26. The average Bonchev–Trinajstić information content (AvgIpc) is 3.35. The van der Waals surface area contributed by atoms with Crippen LogP contribution in [0.2, 0.25) is 0 Å². The summed E-state index contributed by atoms with van der Waals surface area (Å²) in [7, 11) is 0. The van der Waals surface area contributed by atoms with E-state index in [0.717, 1.165) is 43.1 Å². The van der Waals surface area contributed by atoms with Crippen molar-refractivity contribution in [3.63, 3.8) is 0 Å². The summed E-state index contributed by atoms with van der Waals surface area (Å²) in [5.41, 5.74) is -0.751. The van der Waals surface area contributed by atoms with Crippen LogP contribution in [0, 0.1) is 17.2 Å². The number of amides is 1. The summed E-state index contributed by atoms with van der Waals surface area (Å²) in [6, 6.07) is 6.89. The highest BCUT2D eigenvalue weighted by atomic mass is 32.2. The molecule has 6 nitrogen and oxygen atoms in total. The quantitative estimate of drug-likeness (QED) is 0.631. The van der Waals surface area contributed by atoms with Gasteiger partial charge in [-0.05, 0) is 50.0 Å². The molecule has 154 valence electrons. The van der Waals surface area contributed by atoms with Crippen LogP contribution in [-0.2, 0) is 11.2 Å². The molecule has 1 N–H and O–H groups in total. The molecular formula is C21H27N5OS2. The van der Waals surface area contributed by atoms with E-state index in [-0.39, 0.29) is 17.6 Å². The summed E-state index contributed by atoms with van der Waals surface area (Å²) >= 11 is 3.17. The lowest BCUT2D eigenvalue weighted by Gasteiger charge is -2.26. The molecule has 0 aromatic carbocycles. The molecule has 0 aliphatic heterocycles. The van der Waals surface area contributed by atoms with Crippen molar-refractivity contribution >= 4 is 29.0 Å². The molecule has 2 heterocycles. The normalized spacial score (nSPS) is 19.4. The van der Waals surface area contributed by atoms with Crippen LogP contribution in [0.25, 0.3) is 0 Å². The van der Waals surface area contributed by atoms with Gasteiger partial charge in [-0.1, -0.05) is 37.1 Å². The SMILES string of the molecule is CC(C#N)(NC(=O)CSc1nnc(Cc2cccs2)n1C1CCCCC1)C1CC1. The summed E-state index contributed by atoms with van der Waals surface area (Å²) in [6.07, 6.45) is 8.84. The van der Waals surface area contributed by atoms with E-state index in [9.17, 15) is 10.1 Å². The number of thioether (sulfide) groups is 1. The van der Waals surface area contributed by atoms with Gasteiger partial charge in [-0.15, -0.1) is 21.5 Å². The minimum Gasteiger partial charge on any atom is -0.337 e. The van der Waals surface area contributed by atoms with Crippen molar-refractivity contribution in [2.45, 2.75) is 75.0 Å². The number of carbonyl (C=O) groups excluding carboxylic acids is 1. The number of thiophene rings is 1. The fourth-order valence-corrected chi connectivity index (χ4v) is 5.67. The van der Waals surface area contributed by atoms with Crippen LogP contribution in [0.3, 0.4) is 0 Å². The Morgan fingerprint density at radius 1 is 1.34 bits per heavy atom. The van der Waals surface area contributed by atoms with Gasteiger partial charge in [0.05, 0.1) is 11.8 Å². The maximum absolute atomic E-state index is 12.5. The molecule has 1 unspecified atom stereocenters. The molecule has 0 saturated heterocycles. The first-order valence-corrected chi connectivity index (χ1v) is 12.3. The Bertz CT molecular complexity index is 878. The monoisotopic (exact) mass is 429 g/mol. The first-order chi connectivity index (χ1) is 14.1. The Morgan fingerprint density at radius 2 is 2.14 bits per heavy atom. The van der Waals surface area contributed by atoms with Gasteiger partial charge in [-0.2, -0.15) is 5.26 Å². The van der Waals surface area contributed by atoms with Gasteiger partial charge in [0.15, 0.2) is 5.16 Å². The van der Waals surface area contributed by atoms with E-state index >= 15 is 0 Å². The number of nitrogens with one attached hydrogen (secondary N) is 1. The van der Waals surface area contributed by atoms with Gasteiger partial charge < -0.3 is 9.88 Å². The van der Waals surface area contributed by atoms with Crippen molar-refractivity contribution in [3.8, 4) is 6.07 Å². The summed E-state index contributed by atoms with van der Waals surface area (Å²) < 4.78 is 2.28.